The molecule has 0 unspecified atom stereocenters. The molecule has 1 aliphatic rings. The average Bonchev–Trinajstić information content (AvgIpc) is 3.17. The van der Waals surface area contributed by atoms with Gasteiger partial charge in [-0.1, -0.05) is 0 Å². The minimum Gasteiger partial charge on any atom is -0.444 e. The molecule has 2 N–H and O–H groups in total. The van der Waals surface area contributed by atoms with Gasteiger partial charge in [-0.05, 0) is 59.5 Å². The summed E-state index contributed by atoms with van der Waals surface area (Å²) in [6.45, 7) is 12.8. The molecule has 0 radical (unpaired) electrons. The van der Waals surface area contributed by atoms with Crippen molar-refractivity contribution in [2.24, 2.45) is 10.9 Å². The van der Waals surface area contributed by atoms with E-state index in [1.807, 2.05) is 20.9 Å². The fourth-order valence-electron chi connectivity index (χ4n) is 3.38. The van der Waals surface area contributed by atoms with E-state index in [0.29, 0.717) is 12.5 Å². The van der Waals surface area contributed by atoms with Crippen LogP contribution in [-0.4, -0.2) is 47.5 Å². The number of rotatable bonds is 6. The number of guanidine groups is 1. The molecule has 1 aliphatic heterocycles. The third-order valence-corrected chi connectivity index (χ3v) is 6.47. The number of nitrogens with zero attached hydrogens (tertiary/aromatic N) is 4. The van der Waals surface area contributed by atoms with E-state index in [0.717, 1.165) is 60.2 Å². The van der Waals surface area contributed by atoms with Crippen LogP contribution in [0.2, 0.25) is 0 Å². The van der Waals surface area contributed by atoms with Crippen LogP contribution in [0, 0.1) is 33.6 Å². The summed E-state index contributed by atoms with van der Waals surface area (Å²) in [5.74, 6) is 3.27. The third-order valence-electron chi connectivity index (χ3n) is 5.40. The summed E-state index contributed by atoms with van der Waals surface area (Å²) < 4.78 is 5.72. The Labute approximate surface area is 194 Å². The fraction of sp³-hybridized carbons (Fsp3) is 0.650. The van der Waals surface area contributed by atoms with Crippen molar-refractivity contribution >= 4 is 41.3 Å². The smallest absolute Gasteiger partial charge is 0.208 e. The maximum Gasteiger partial charge on any atom is 0.208 e. The van der Waals surface area contributed by atoms with Gasteiger partial charge >= 0.3 is 0 Å². The first-order valence-corrected chi connectivity index (χ1v) is 10.8. The maximum atomic E-state index is 5.72. The zero-order valence-corrected chi connectivity index (χ0v) is 21.2. The molecule has 0 saturated carbocycles. The van der Waals surface area contributed by atoms with E-state index in [1.165, 1.54) is 17.7 Å². The minimum atomic E-state index is 0. The van der Waals surface area contributed by atoms with Crippen molar-refractivity contribution in [1.82, 2.24) is 25.5 Å². The number of halogens is 1. The van der Waals surface area contributed by atoms with E-state index in [-0.39, 0.29) is 24.0 Å². The molecule has 9 heteroatoms. The Morgan fingerprint density at radius 1 is 1.14 bits per heavy atom. The zero-order valence-electron chi connectivity index (χ0n) is 18.0. The number of aliphatic imine (C=N–C) groups is 1. The Morgan fingerprint density at radius 2 is 1.86 bits per heavy atom. The van der Waals surface area contributed by atoms with Crippen molar-refractivity contribution in [3.63, 3.8) is 0 Å². The number of thiazole rings is 1. The van der Waals surface area contributed by atoms with Crippen molar-refractivity contribution in [3.8, 4) is 0 Å². The van der Waals surface area contributed by atoms with Crippen LogP contribution in [0.1, 0.15) is 45.8 Å². The number of likely N-dealkylation sites (tertiary alicyclic amines) is 1. The van der Waals surface area contributed by atoms with Gasteiger partial charge in [0.1, 0.15) is 10.8 Å². The number of aryl methyl sites for hydroxylation is 4. The van der Waals surface area contributed by atoms with Gasteiger partial charge in [0.15, 0.2) is 5.96 Å². The molecule has 0 bridgehead atoms. The summed E-state index contributed by atoms with van der Waals surface area (Å²) in [7, 11) is 1.82. The average molecular weight is 532 g/mol. The minimum absolute atomic E-state index is 0. The Kier molecular flexibility index (Phi) is 9.35. The highest BCUT2D eigenvalue weighted by atomic mass is 127. The molecule has 3 heterocycles. The number of hydrogen-bond donors (Lipinski definition) is 2. The van der Waals surface area contributed by atoms with Crippen molar-refractivity contribution in [2.45, 2.75) is 53.6 Å². The Morgan fingerprint density at radius 3 is 2.41 bits per heavy atom. The molecule has 2 aromatic rings. The Balaban J connectivity index is 0.00000300. The van der Waals surface area contributed by atoms with E-state index in [4.69, 9.17) is 4.42 Å². The molecule has 1 saturated heterocycles. The van der Waals surface area contributed by atoms with Crippen molar-refractivity contribution in [3.05, 3.63) is 32.9 Å². The van der Waals surface area contributed by atoms with Gasteiger partial charge in [0, 0.05) is 18.5 Å². The standard InChI is InChI=1S/C20H32N6OS.HI/c1-13-15(3)27-18(24-13)12-26-8-6-17(7-9-26)10-22-20(21-5)23-11-19-25-14(2)16(4)28-19;/h17H,6-12H2,1-5H3,(H2,21,22,23);1H. The van der Waals surface area contributed by atoms with Gasteiger partial charge in [-0.25, -0.2) is 9.97 Å². The van der Waals surface area contributed by atoms with Crippen LogP contribution in [0.4, 0.5) is 0 Å². The van der Waals surface area contributed by atoms with Crippen molar-refractivity contribution in [1.29, 1.82) is 0 Å². The number of oxazole rings is 1. The fourth-order valence-corrected chi connectivity index (χ4v) is 4.26. The second-order valence-corrected chi connectivity index (χ2v) is 8.81. The van der Waals surface area contributed by atoms with Crippen LogP contribution in [0.25, 0.3) is 0 Å². The molecule has 162 valence electrons. The molecule has 1 fully saturated rings. The van der Waals surface area contributed by atoms with E-state index in [9.17, 15) is 0 Å². The molecular weight excluding hydrogens is 499 g/mol. The lowest BCUT2D eigenvalue weighted by Crippen LogP contribution is -2.42. The monoisotopic (exact) mass is 532 g/mol. The molecule has 0 atom stereocenters. The molecule has 29 heavy (non-hydrogen) atoms. The molecule has 2 aromatic heterocycles. The van der Waals surface area contributed by atoms with Gasteiger partial charge < -0.3 is 15.1 Å². The highest BCUT2D eigenvalue weighted by molar-refractivity contribution is 14.0. The van der Waals surface area contributed by atoms with E-state index in [2.05, 4.69) is 44.3 Å². The normalized spacial score (nSPS) is 16.0. The summed E-state index contributed by atoms with van der Waals surface area (Å²) in [6, 6.07) is 0. The van der Waals surface area contributed by atoms with Crippen LogP contribution in [0.3, 0.4) is 0 Å². The SMILES string of the molecule is CN=C(NCc1nc(C)c(C)s1)NCC1CCN(Cc2nc(C)c(C)o2)CC1.I. The van der Waals surface area contributed by atoms with Gasteiger partial charge in [-0.15, -0.1) is 35.3 Å². The lowest BCUT2D eigenvalue weighted by molar-refractivity contribution is 0.164. The topological polar surface area (TPSA) is 78.6 Å². The largest absolute Gasteiger partial charge is 0.444 e. The molecular formula is C20H33IN6OS. The third kappa shape index (κ3) is 6.92. The van der Waals surface area contributed by atoms with Crippen LogP contribution in [0.5, 0.6) is 0 Å². The summed E-state index contributed by atoms with van der Waals surface area (Å²) >= 11 is 1.74. The van der Waals surface area contributed by atoms with E-state index in [1.54, 1.807) is 11.3 Å². The zero-order chi connectivity index (χ0) is 20.1. The van der Waals surface area contributed by atoms with Crippen LogP contribution >= 0.6 is 35.3 Å². The first-order valence-electron chi connectivity index (χ1n) is 9.97. The molecule has 3 rings (SSSR count). The lowest BCUT2D eigenvalue weighted by atomic mass is 9.97. The second-order valence-electron chi connectivity index (χ2n) is 7.52. The lowest BCUT2D eigenvalue weighted by Gasteiger charge is -2.31. The predicted octanol–water partition coefficient (Wildman–Crippen LogP) is 3.56. The molecule has 7 nitrogen and oxygen atoms in total. The Hall–Kier alpha value is -1.20. The first kappa shape index (κ1) is 24.1. The summed E-state index contributed by atoms with van der Waals surface area (Å²) in [6.07, 6.45) is 2.35. The predicted molar refractivity (Wildman–Crippen MR) is 129 cm³/mol. The van der Waals surface area contributed by atoms with Gasteiger partial charge in [-0.2, -0.15) is 0 Å². The van der Waals surface area contributed by atoms with Gasteiger partial charge in [0.2, 0.25) is 5.89 Å². The molecule has 0 aromatic carbocycles. The molecule has 0 aliphatic carbocycles. The van der Waals surface area contributed by atoms with Crippen LogP contribution in [-0.2, 0) is 13.1 Å². The highest BCUT2D eigenvalue weighted by Crippen LogP contribution is 2.19. The van der Waals surface area contributed by atoms with Crippen molar-refractivity contribution in [2.75, 3.05) is 26.7 Å². The van der Waals surface area contributed by atoms with Gasteiger partial charge in [0.05, 0.1) is 24.5 Å². The van der Waals surface area contributed by atoms with Crippen LogP contribution in [0.15, 0.2) is 9.41 Å². The number of piperidine rings is 1. The van der Waals surface area contributed by atoms with Gasteiger partial charge in [0.25, 0.3) is 0 Å². The van der Waals surface area contributed by atoms with Crippen LogP contribution < -0.4 is 10.6 Å². The number of hydrogen-bond acceptors (Lipinski definition) is 6. The van der Waals surface area contributed by atoms with Gasteiger partial charge in [-0.3, -0.25) is 9.89 Å². The number of nitrogens with one attached hydrogen (secondary N) is 2. The van der Waals surface area contributed by atoms with E-state index < -0.39 is 0 Å². The Bertz CT molecular complexity index is 771. The maximum absolute atomic E-state index is 5.72. The molecule has 0 amide bonds. The van der Waals surface area contributed by atoms with Crippen molar-refractivity contribution < 1.29 is 4.42 Å². The summed E-state index contributed by atoms with van der Waals surface area (Å²) in [5.41, 5.74) is 2.11. The second kappa shape index (κ2) is 11.3. The highest BCUT2D eigenvalue weighted by Gasteiger charge is 2.21. The summed E-state index contributed by atoms with van der Waals surface area (Å²) in [4.78, 5) is 17.1. The summed E-state index contributed by atoms with van der Waals surface area (Å²) in [5, 5.41) is 7.94. The first-order chi connectivity index (χ1) is 13.4. The quantitative estimate of drug-likeness (QED) is 0.337. The number of aromatic nitrogens is 2. The molecule has 0 spiro atoms. The van der Waals surface area contributed by atoms with E-state index >= 15 is 0 Å².